The van der Waals surface area contributed by atoms with E-state index in [0.717, 1.165) is 22.6 Å². The predicted octanol–water partition coefficient (Wildman–Crippen LogP) is 4.46. The first-order valence-corrected chi connectivity index (χ1v) is 8.64. The summed E-state index contributed by atoms with van der Waals surface area (Å²) in [7, 11) is 0. The Morgan fingerprint density at radius 1 is 1.40 bits per heavy atom. The number of benzene rings is 1. The molecule has 0 amide bonds. The van der Waals surface area contributed by atoms with Gasteiger partial charge in [0, 0.05) is 34.7 Å². The zero-order chi connectivity index (χ0) is 14.5. The van der Waals surface area contributed by atoms with Crippen LogP contribution in [0, 0.1) is 0 Å². The minimum absolute atomic E-state index is 0.551. The summed E-state index contributed by atoms with van der Waals surface area (Å²) < 4.78 is 1.04. The summed E-state index contributed by atoms with van der Waals surface area (Å²) in [6, 6.07) is 7.38. The van der Waals surface area contributed by atoms with Crippen LogP contribution in [0.4, 0.5) is 0 Å². The van der Waals surface area contributed by atoms with Crippen LogP contribution in [0.5, 0.6) is 0 Å². The Bertz CT molecular complexity index is 436. The van der Waals surface area contributed by atoms with Gasteiger partial charge >= 0.3 is 0 Å². The maximum absolute atomic E-state index is 6.35. The third-order valence-corrected chi connectivity index (χ3v) is 4.74. The van der Waals surface area contributed by atoms with E-state index < -0.39 is 0 Å². The van der Waals surface area contributed by atoms with E-state index in [9.17, 15) is 0 Å². The zero-order valence-electron chi connectivity index (χ0n) is 12.3. The van der Waals surface area contributed by atoms with Crippen molar-refractivity contribution in [3.8, 4) is 0 Å². The Hall–Kier alpha value is -0.0900. The van der Waals surface area contributed by atoms with Crippen molar-refractivity contribution < 1.29 is 0 Å². The Kier molecular flexibility index (Phi) is 6.34. The van der Waals surface area contributed by atoms with Gasteiger partial charge in [0.15, 0.2) is 0 Å². The van der Waals surface area contributed by atoms with Crippen molar-refractivity contribution in [1.82, 2.24) is 10.2 Å². The lowest BCUT2D eigenvalue weighted by atomic mass is 10.0. The molecule has 0 radical (unpaired) electrons. The maximum Gasteiger partial charge on any atom is 0.0462 e. The third kappa shape index (κ3) is 4.73. The van der Waals surface area contributed by atoms with Crippen molar-refractivity contribution >= 4 is 27.5 Å². The number of halogens is 2. The number of nitrogens with one attached hydrogen (secondary N) is 1. The monoisotopic (exact) mass is 358 g/mol. The molecule has 1 atom stereocenters. The summed E-state index contributed by atoms with van der Waals surface area (Å²) in [5, 5.41) is 4.43. The average molecular weight is 360 g/mol. The molecule has 2 nitrogen and oxygen atoms in total. The highest BCUT2D eigenvalue weighted by molar-refractivity contribution is 9.10. The molecular weight excluding hydrogens is 336 g/mol. The van der Waals surface area contributed by atoms with Gasteiger partial charge in [-0.05, 0) is 37.1 Å². The molecule has 4 heteroatoms. The molecule has 1 aliphatic rings. The van der Waals surface area contributed by atoms with Crippen LogP contribution in [0.3, 0.4) is 0 Å². The second-order valence-corrected chi connectivity index (χ2v) is 7.24. The average Bonchev–Trinajstić information content (AvgIpc) is 2.41. The summed E-state index contributed by atoms with van der Waals surface area (Å²) in [6.45, 7) is 7.62. The Balaban J connectivity index is 2.00. The van der Waals surface area contributed by atoms with Crippen molar-refractivity contribution in [3.05, 3.63) is 33.3 Å². The van der Waals surface area contributed by atoms with Crippen LogP contribution >= 0.6 is 27.5 Å². The van der Waals surface area contributed by atoms with Crippen molar-refractivity contribution in [2.45, 2.75) is 51.7 Å². The molecule has 1 aromatic carbocycles. The first-order valence-electron chi connectivity index (χ1n) is 7.47. The van der Waals surface area contributed by atoms with Crippen molar-refractivity contribution in [2.24, 2.45) is 0 Å². The summed E-state index contributed by atoms with van der Waals surface area (Å²) >= 11 is 9.82. The fourth-order valence-corrected chi connectivity index (χ4v) is 3.47. The standard InChI is InChI=1S/C16H24BrClN2/c1-12(2)19-10-15-5-3-4-8-20(15)11-13-6-7-14(17)9-16(13)18/h6-7,9,12,15,19H,3-5,8,10-11H2,1-2H3. The molecule has 1 N–H and O–H groups in total. The van der Waals surface area contributed by atoms with Crippen molar-refractivity contribution in [1.29, 1.82) is 0 Å². The van der Waals surface area contributed by atoms with Gasteiger partial charge in [-0.15, -0.1) is 0 Å². The van der Waals surface area contributed by atoms with Crippen LogP contribution in [0.25, 0.3) is 0 Å². The van der Waals surface area contributed by atoms with E-state index in [-0.39, 0.29) is 0 Å². The first kappa shape index (κ1) is 16.3. The molecule has 0 aliphatic carbocycles. The maximum atomic E-state index is 6.35. The molecular formula is C16H24BrClN2. The molecule has 0 saturated carbocycles. The van der Waals surface area contributed by atoms with Crippen LogP contribution in [-0.2, 0) is 6.54 Å². The minimum Gasteiger partial charge on any atom is -0.313 e. The number of rotatable bonds is 5. The minimum atomic E-state index is 0.551. The van der Waals surface area contributed by atoms with Gasteiger partial charge in [0.2, 0.25) is 0 Å². The molecule has 1 aromatic rings. The highest BCUT2D eigenvalue weighted by atomic mass is 79.9. The normalized spacial score (nSPS) is 20.6. The molecule has 0 bridgehead atoms. The van der Waals surface area contributed by atoms with Crippen LogP contribution in [0.1, 0.15) is 38.7 Å². The van der Waals surface area contributed by atoms with Crippen molar-refractivity contribution in [2.75, 3.05) is 13.1 Å². The van der Waals surface area contributed by atoms with Crippen LogP contribution < -0.4 is 5.32 Å². The Labute approximate surface area is 136 Å². The topological polar surface area (TPSA) is 15.3 Å². The molecule has 1 aliphatic heterocycles. The van der Waals surface area contributed by atoms with E-state index in [0.29, 0.717) is 12.1 Å². The van der Waals surface area contributed by atoms with E-state index in [2.05, 4.69) is 52.1 Å². The molecule has 20 heavy (non-hydrogen) atoms. The van der Waals surface area contributed by atoms with E-state index in [1.165, 1.54) is 31.4 Å². The molecule has 1 fully saturated rings. The number of likely N-dealkylation sites (tertiary alicyclic amines) is 1. The summed E-state index contributed by atoms with van der Waals surface area (Å²) in [5.74, 6) is 0. The van der Waals surface area contributed by atoms with Gasteiger partial charge in [0.25, 0.3) is 0 Å². The highest BCUT2D eigenvalue weighted by Crippen LogP contribution is 2.25. The Morgan fingerprint density at radius 2 is 2.20 bits per heavy atom. The molecule has 0 spiro atoms. The fraction of sp³-hybridized carbons (Fsp3) is 0.625. The lowest BCUT2D eigenvalue weighted by Gasteiger charge is -2.36. The van der Waals surface area contributed by atoms with Gasteiger partial charge in [0.05, 0.1) is 0 Å². The number of nitrogens with zero attached hydrogens (tertiary/aromatic N) is 1. The van der Waals surface area contributed by atoms with Gasteiger partial charge in [-0.3, -0.25) is 4.90 Å². The summed E-state index contributed by atoms with van der Waals surface area (Å²) in [5.41, 5.74) is 1.23. The van der Waals surface area contributed by atoms with Crippen LogP contribution in [-0.4, -0.2) is 30.1 Å². The van der Waals surface area contributed by atoms with Gasteiger partial charge < -0.3 is 5.32 Å². The molecule has 1 unspecified atom stereocenters. The molecule has 112 valence electrons. The summed E-state index contributed by atoms with van der Waals surface area (Å²) in [6.07, 6.45) is 3.93. The molecule has 0 aromatic heterocycles. The predicted molar refractivity (Wildman–Crippen MR) is 90.3 cm³/mol. The smallest absolute Gasteiger partial charge is 0.0462 e. The lowest BCUT2D eigenvalue weighted by Crippen LogP contribution is -2.46. The first-order chi connectivity index (χ1) is 9.56. The second kappa shape index (κ2) is 7.79. The van der Waals surface area contributed by atoms with E-state index in [1.807, 2.05) is 6.07 Å². The van der Waals surface area contributed by atoms with E-state index >= 15 is 0 Å². The quantitative estimate of drug-likeness (QED) is 0.835. The van der Waals surface area contributed by atoms with Crippen LogP contribution in [0.2, 0.25) is 5.02 Å². The molecule has 1 heterocycles. The van der Waals surface area contributed by atoms with E-state index in [4.69, 9.17) is 11.6 Å². The number of hydrogen-bond acceptors (Lipinski definition) is 2. The largest absolute Gasteiger partial charge is 0.313 e. The molecule has 2 rings (SSSR count). The van der Waals surface area contributed by atoms with Gasteiger partial charge in [-0.2, -0.15) is 0 Å². The van der Waals surface area contributed by atoms with Gasteiger partial charge in [0.1, 0.15) is 0 Å². The van der Waals surface area contributed by atoms with Crippen LogP contribution in [0.15, 0.2) is 22.7 Å². The van der Waals surface area contributed by atoms with Gasteiger partial charge in [-0.1, -0.05) is 53.9 Å². The third-order valence-electron chi connectivity index (χ3n) is 3.90. The molecule has 1 saturated heterocycles. The lowest BCUT2D eigenvalue weighted by molar-refractivity contribution is 0.136. The van der Waals surface area contributed by atoms with Crippen molar-refractivity contribution in [3.63, 3.8) is 0 Å². The fourth-order valence-electron chi connectivity index (χ4n) is 2.74. The number of piperidine rings is 1. The SMILES string of the molecule is CC(C)NCC1CCCCN1Cc1ccc(Br)cc1Cl. The second-order valence-electron chi connectivity index (χ2n) is 5.92. The highest BCUT2D eigenvalue weighted by Gasteiger charge is 2.22. The Morgan fingerprint density at radius 3 is 2.90 bits per heavy atom. The number of hydrogen-bond donors (Lipinski definition) is 1. The van der Waals surface area contributed by atoms with E-state index in [1.54, 1.807) is 0 Å². The summed E-state index contributed by atoms with van der Waals surface area (Å²) in [4.78, 5) is 2.58. The zero-order valence-corrected chi connectivity index (χ0v) is 14.7. The van der Waals surface area contributed by atoms with Gasteiger partial charge in [-0.25, -0.2) is 0 Å².